The van der Waals surface area contributed by atoms with Crippen LogP contribution in [-0.4, -0.2) is 24.8 Å². The van der Waals surface area contributed by atoms with E-state index in [9.17, 15) is 0 Å². The maximum absolute atomic E-state index is 5.94. The van der Waals surface area contributed by atoms with Crippen molar-refractivity contribution < 1.29 is 9.47 Å². The molecule has 0 saturated carbocycles. The van der Waals surface area contributed by atoms with E-state index in [2.05, 4.69) is 78.4 Å². The average molecular weight is 668 g/mol. The molecule has 0 bridgehead atoms. The third-order valence-electron chi connectivity index (χ3n) is 7.42. The number of rotatable bonds is 33. The highest BCUT2D eigenvalue weighted by molar-refractivity contribution is 9.09. The molecule has 254 valence electrons. The second-order valence-corrected chi connectivity index (χ2v) is 12.1. The Labute approximate surface area is 279 Å². The molecule has 0 heterocycles. The van der Waals surface area contributed by atoms with Gasteiger partial charge in [-0.2, -0.15) is 0 Å². The molecule has 0 aromatic heterocycles. The molecule has 0 N–H and O–H groups in total. The highest BCUT2D eigenvalue weighted by Gasteiger charge is 2.07. The van der Waals surface area contributed by atoms with Gasteiger partial charge in [0.2, 0.25) is 0 Å². The number of hydrogen-bond donors (Lipinski definition) is 0. The van der Waals surface area contributed by atoms with Crippen molar-refractivity contribution in [2.75, 3.05) is 18.5 Å². The fourth-order valence-electron chi connectivity index (χ4n) is 4.75. The van der Waals surface area contributed by atoms with E-state index in [1.165, 1.54) is 128 Å². The molecule has 0 aliphatic heterocycles. The first-order valence-electron chi connectivity index (χ1n) is 18.7. The number of hydrogen-bond acceptors (Lipinski definition) is 2. The summed E-state index contributed by atoms with van der Waals surface area (Å²) in [5, 5.41) is 0.761. The van der Waals surface area contributed by atoms with Crippen LogP contribution in [0.3, 0.4) is 0 Å². The number of ether oxygens (including phenoxy) is 2. The first-order chi connectivity index (χ1) is 21.3. The van der Waals surface area contributed by atoms with Crippen molar-refractivity contribution in [2.24, 2.45) is 0 Å². The van der Waals surface area contributed by atoms with Crippen molar-refractivity contribution in [3.63, 3.8) is 0 Å². The quantitative estimate of drug-likeness (QED) is 0.0300. The van der Waals surface area contributed by atoms with Crippen LogP contribution in [0.4, 0.5) is 0 Å². The Morgan fingerprint density at radius 3 is 1.05 bits per heavy atom. The van der Waals surface area contributed by atoms with E-state index in [4.69, 9.17) is 9.47 Å². The van der Waals surface area contributed by atoms with Gasteiger partial charge in [-0.15, -0.1) is 0 Å². The van der Waals surface area contributed by atoms with Crippen molar-refractivity contribution in [3.05, 3.63) is 48.6 Å². The number of unbranched alkanes of at least 4 members (excludes halogenated alkanes) is 18. The van der Waals surface area contributed by atoms with Gasteiger partial charge in [0.25, 0.3) is 0 Å². The van der Waals surface area contributed by atoms with E-state index < -0.39 is 0 Å². The van der Waals surface area contributed by atoms with Gasteiger partial charge < -0.3 is 9.47 Å². The van der Waals surface area contributed by atoms with Crippen LogP contribution in [0.25, 0.3) is 0 Å². The van der Waals surface area contributed by atoms with Crippen LogP contribution in [-0.2, 0) is 9.47 Å². The molecular formula is C40H75BrO2. The van der Waals surface area contributed by atoms with Crippen LogP contribution in [0, 0.1) is 0 Å². The lowest BCUT2D eigenvalue weighted by Gasteiger charge is -2.16. The summed E-state index contributed by atoms with van der Waals surface area (Å²) in [6.07, 6.45) is 49.2. The standard InChI is InChI=1S/C38H69BrO2.C2H6/c1-3-5-7-9-11-13-15-17-19-21-23-25-27-29-31-33-35-40-38(37-39)41-36-34-32-30-28-26-24-22-20-18-16-14-12-10-8-6-4-2;1-2/h11-14,17-20,38H,3-10,15-16,21-37H2,1-2H3;1-2H3/b13-11-,14-12-,19-17-,20-18-;. The van der Waals surface area contributed by atoms with Crippen molar-refractivity contribution in [1.29, 1.82) is 0 Å². The van der Waals surface area contributed by atoms with Crippen LogP contribution < -0.4 is 0 Å². The van der Waals surface area contributed by atoms with Crippen LogP contribution in [0.5, 0.6) is 0 Å². The molecule has 0 aliphatic carbocycles. The van der Waals surface area contributed by atoms with E-state index in [0.717, 1.165) is 44.2 Å². The van der Waals surface area contributed by atoms with Gasteiger partial charge in [0.15, 0.2) is 6.29 Å². The fraction of sp³-hybridized carbons (Fsp3) is 0.800. The summed E-state index contributed by atoms with van der Waals surface area (Å²) in [7, 11) is 0. The highest BCUT2D eigenvalue weighted by atomic mass is 79.9. The van der Waals surface area contributed by atoms with E-state index in [1.807, 2.05) is 13.8 Å². The molecule has 43 heavy (non-hydrogen) atoms. The van der Waals surface area contributed by atoms with Gasteiger partial charge in [0.05, 0.1) is 5.33 Å². The first-order valence-corrected chi connectivity index (χ1v) is 19.9. The lowest BCUT2D eigenvalue weighted by atomic mass is 10.1. The molecule has 0 fully saturated rings. The zero-order valence-electron chi connectivity index (χ0n) is 29.5. The fourth-order valence-corrected chi connectivity index (χ4v) is 5.12. The van der Waals surface area contributed by atoms with Crippen molar-refractivity contribution in [3.8, 4) is 0 Å². The van der Waals surface area contributed by atoms with Gasteiger partial charge in [-0.05, 0) is 77.0 Å². The third kappa shape index (κ3) is 41.4. The van der Waals surface area contributed by atoms with Crippen LogP contribution >= 0.6 is 15.9 Å². The minimum Gasteiger partial charge on any atom is -0.352 e. The second kappa shape index (κ2) is 43.5. The maximum atomic E-state index is 5.94. The molecule has 3 heteroatoms. The largest absolute Gasteiger partial charge is 0.352 e. The molecular weight excluding hydrogens is 592 g/mol. The van der Waals surface area contributed by atoms with Gasteiger partial charge in [-0.1, -0.05) is 169 Å². The van der Waals surface area contributed by atoms with Crippen molar-refractivity contribution in [2.45, 2.75) is 188 Å². The number of allylic oxidation sites excluding steroid dienone is 8. The van der Waals surface area contributed by atoms with Gasteiger partial charge >= 0.3 is 0 Å². The Bertz CT molecular complexity index is 545. The Balaban J connectivity index is 0. The maximum Gasteiger partial charge on any atom is 0.167 e. The van der Waals surface area contributed by atoms with Crippen molar-refractivity contribution in [1.82, 2.24) is 0 Å². The molecule has 0 rings (SSSR count). The van der Waals surface area contributed by atoms with Gasteiger partial charge in [-0.3, -0.25) is 0 Å². The summed E-state index contributed by atoms with van der Waals surface area (Å²) in [5.74, 6) is 0. The summed E-state index contributed by atoms with van der Waals surface area (Å²) in [4.78, 5) is 0. The molecule has 0 amide bonds. The number of alkyl halides is 1. The van der Waals surface area contributed by atoms with E-state index in [1.54, 1.807) is 0 Å². The molecule has 0 aromatic carbocycles. The van der Waals surface area contributed by atoms with Gasteiger partial charge in [0, 0.05) is 13.2 Å². The zero-order chi connectivity index (χ0) is 31.7. The molecule has 0 atom stereocenters. The van der Waals surface area contributed by atoms with E-state index in [-0.39, 0.29) is 6.29 Å². The lowest BCUT2D eigenvalue weighted by molar-refractivity contribution is -0.127. The lowest BCUT2D eigenvalue weighted by Crippen LogP contribution is -2.20. The smallest absolute Gasteiger partial charge is 0.167 e. The highest BCUT2D eigenvalue weighted by Crippen LogP contribution is 2.11. The SMILES string of the molecule is CC.CCCCC/C=C\C/C=C\CCCCCCCCOC(CBr)OCCCCCCCC/C=C\C/C=C\CCCCC. The molecule has 0 radical (unpaired) electrons. The Hall–Kier alpha value is -0.640. The summed E-state index contributed by atoms with van der Waals surface area (Å²) in [5.41, 5.74) is 0. The zero-order valence-corrected chi connectivity index (χ0v) is 31.1. The van der Waals surface area contributed by atoms with Crippen LogP contribution in [0.15, 0.2) is 48.6 Å². The van der Waals surface area contributed by atoms with Gasteiger partial charge in [0.1, 0.15) is 0 Å². The third-order valence-corrected chi connectivity index (χ3v) is 7.95. The predicted octanol–water partition coefficient (Wildman–Crippen LogP) is 14.4. The van der Waals surface area contributed by atoms with E-state index >= 15 is 0 Å². The minimum atomic E-state index is -0.0917. The van der Waals surface area contributed by atoms with Gasteiger partial charge in [-0.25, -0.2) is 0 Å². The Morgan fingerprint density at radius 1 is 0.419 bits per heavy atom. The van der Waals surface area contributed by atoms with Crippen LogP contribution in [0.2, 0.25) is 0 Å². The Kier molecular flexibility index (Phi) is 45.0. The summed E-state index contributed by atoms with van der Waals surface area (Å²) in [6.45, 7) is 10.2. The molecule has 0 aromatic rings. The normalized spacial score (nSPS) is 12.0. The first kappa shape index (κ1) is 44.5. The summed E-state index contributed by atoms with van der Waals surface area (Å²) in [6, 6.07) is 0. The monoisotopic (exact) mass is 666 g/mol. The predicted molar refractivity (Wildman–Crippen MR) is 200 cm³/mol. The molecule has 0 saturated heterocycles. The van der Waals surface area contributed by atoms with Crippen LogP contribution in [0.1, 0.15) is 182 Å². The summed E-state index contributed by atoms with van der Waals surface area (Å²) >= 11 is 3.55. The Morgan fingerprint density at radius 2 is 0.721 bits per heavy atom. The summed E-state index contributed by atoms with van der Waals surface area (Å²) < 4.78 is 11.9. The minimum absolute atomic E-state index is 0.0917. The van der Waals surface area contributed by atoms with Crippen molar-refractivity contribution >= 4 is 15.9 Å². The molecule has 0 unspecified atom stereocenters. The average Bonchev–Trinajstić information content (AvgIpc) is 3.03. The molecule has 0 aliphatic rings. The van der Waals surface area contributed by atoms with E-state index in [0.29, 0.717) is 0 Å². The number of halogens is 1. The molecule has 0 spiro atoms. The molecule has 2 nitrogen and oxygen atoms in total. The topological polar surface area (TPSA) is 18.5 Å². The second-order valence-electron chi connectivity index (χ2n) is 11.5.